The monoisotopic (exact) mass is 246 g/mol. The molecule has 1 saturated carbocycles. The van der Waals surface area contributed by atoms with Gasteiger partial charge in [-0.25, -0.2) is 12.7 Å². The van der Waals surface area contributed by atoms with Crippen LogP contribution < -0.4 is 5.73 Å². The largest absolute Gasteiger partial charge is 0.330 e. The van der Waals surface area contributed by atoms with Gasteiger partial charge in [-0.3, -0.25) is 0 Å². The van der Waals surface area contributed by atoms with Crippen LogP contribution >= 0.6 is 0 Å². The summed E-state index contributed by atoms with van der Waals surface area (Å²) in [6, 6.07) is 0. The lowest BCUT2D eigenvalue weighted by molar-refractivity contribution is 0.349. The van der Waals surface area contributed by atoms with Crippen LogP contribution in [0.15, 0.2) is 0 Å². The first kappa shape index (κ1) is 12.3. The summed E-state index contributed by atoms with van der Waals surface area (Å²) < 4.78 is 25.7. The minimum atomic E-state index is -3.02. The average molecular weight is 246 g/mol. The maximum atomic E-state index is 12.1. The molecule has 0 aromatic heterocycles. The Bertz CT molecular complexity index is 351. The summed E-state index contributed by atoms with van der Waals surface area (Å²) in [6.45, 7) is 3.91. The second-order valence-corrected chi connectivity index (χ2v) is 7.73. The molecule has 0 aromatic carbocycles. The van der Waals surface area contributed by atoms with Gasteiger partial charge in [-0.15, -0.1) is 0 Å². The summed E-state index contributed by atoms with van der Waals surface area (Å²) in [5, 5.41) is 0. The van der Waals surface area contributed by atoms with Gasteiger partial charge in [0.15, 0.2) is 0 Å². The number of rotatable bonds is 5. The van der Waals surface area contributed by atoms with Crippen molar-refractivity contribution in [2.24, 2.45) is 17.1 Å². The van der Waals surface area contributed by atoms with Crippen LogP contribution in [0.2, 0.25) is 0 Å². The summed E-state index contributed by atoms with van der Waals surface area (Å²) in [6.07, 6.45) is 4.18. The fraction of sp³-hybridized carbons (Fsp3) is 1.00. The molecule has 16 heavy (non-hydrogen) atoms. The van der Waals surface area contributed by atoms with Crippen molar-refractivity contribution in [3.63, 3.8) is 0 Å². The summed E-state index contributed by atoms with van der Waals surface area (Å²) >= 11 is 0. The van der Waals surface area contributed by atoms with Gasteiger partial charge in [-0.1, -0.05) is 19.8 Å². The second kappa shape index (κ2) is 4.27. The summed E-state index contributed by atoms with van der Waals surface area (Å²) in [4.78, 5) is 0. The molecule has 1 heterocycles. The SMILES string of the molecule is CC1(CN)CCN(S(=O)(=O)CCC2CC2)C1. The van der Waals surface area contributed by atoms with E-state index < -0.39 is 10.0 Å². The van der Waals surface area contributed by atoms with Gasteiger partial charge in [0.2, 0.25) is 10.0 Å². The lowest BCUT2D eigenvalue weighted by Crippen LogP contribution is -2.35. The van der Waals surface area contributed by atoms with Crippen LogP contribution in [-0.2, 0) is 10.0 Å². The molecule has 2 fully saturated rings. The zero-order valence-electron chi connectivity index (χ0n) is 9.98. The lowest BCUT2D eigenvalue weighted by atomic mass is 9.90. The third kappa shape index (κ3) is 2.76. The first-order chi connectivity index (χ1) is 7.45. The number of nitrogens with two attached hydrogens (primary N) is 1. The summed E-state index contributed by atoms with van der Waals surface area (Å²) in [5.74, 6) is 1.01. The van der Waals surface area contributed by atoms with Crippen molar-refractivity contribution in [2.45, 2.75) is 32.6 Å². The van der Waals surface area contributed by atoms with Gasteiger partial charge in [0.1, 0.15) is 0 Å². The summed E-state index contributed by atoms with van der Waals surface area (Å²) in [5.41, 5.74) is 5.68. The molecule has 4 nitrogen and oxygen atoms in total. The molecule has 1 aliphatic heterocycles. The predicted octanol–water partition coefficient (Wildman–Crippen LogP) is 0.787. The molecule has 0 radical (unpaired) electrons. The first-order valence-electron chi connectivity index (χ1n) is 6.13. The van der Waals surface area contributed by atoms with Gasteiger partial charge < -0.3 is 5.73 Å². The van der Waals surface area contributed by atoms with Gasteiger partial charge in [0.05, 0.1) is 5.75 Å². The minimum Gasteiger partial charge on any atom is -0.330 e. The molecule has 5 heteroatoms. The highest BCUT2D eigenvalue weighted by atomic mass is 32.2. The van der Waals surface area contributed by atoms with E-state index in [0.29, 0.717) is 31.3 Å². The quantitative estimate of drug-likeness (QED) is 0.780. The topological polar surface area (TPSA) is 63.4 Å². The molecule has 94 valence electrons. The molecule has 0 aromatic rings. The van der Waals surface area contributed by atoms with Gasteiger partial charge in [0, 0.05) is 13.1 Å². The van der Waals surface area contributed by atoms with Gasteiger partial charge in [0.25, 0.3) is 0 Å². The van der Waals surface area contributed by atoms with E-state index in [0.717, 1.165) is 12.8 Å². The highest BCUT2D eigenvalue weighted by molar-refractivity contribution is 7.89. The fourth-order valence-corrected chi connectivity index (χ4v) is 4.00. The average Bonchev–Trinajstić information content (AvgIpc) is 2.98. The standard InChI is InChI=1S/C11H22N2O2S/c1-11(8-12)5-6-13(9-11)16(14,15)7-4-10-2-3-10/h10H,2-9,12H2,1H3. The van der Waals surface area contributed by atoms with E-state index in [-0.39, 0.29) is 5.41 Å². The Morgan fingerprint density at radius 3 is 2.62 bits per heavy atom. The lowest BCUT2D eigenvalue weighted by Gasteiger charge is -2.22. The molecule has 1 saturated heterocycles. The van der Waals surface area contributed by atoms with Crippen LogP contribution in [0.5, 0.6) is 0 Å². The second-order valence-electron chi connectivity index (χ2n) is 5.65. The normalized spacial score (nSPS) is 32.1. The Morgan fingerprint density at radius 2 is 2.12 bits per heavy atom. The predicted molar refractivity (Wildman–Crippen MR) is 64.5 cm³/mol. The third-order valence-corrected chi connectivity index (χ3v) is 5.74. The van der Waals surface area contributed by atoms with Gasteiger partial charge >= 0.3 is 0 Å². The minimum absolute atomic E-state index is 0.00729. The molecule has 1 aliphatic carbocycles. The molecule has 1 atom stereocenters. The van der Waals surface area contributed by atoms with E-state index in [4.69, 9.17) is 5.73 Å². The van der Waals surface area contributed by atoms with Crippen molar-refractivity contribution in [3.05, 3.63) is 0 Å². The van der Waals surface area contributed by atoms with Crippen molar-refractivity contribution >= 4 is 10.0 Å². The van der Waals surface area contributed by atoms with Crippen molar-refractivity contribution in [1.29, 1.82) is 0 Å². The van der Waals surface area contributed by atoms with Crippen molar-refractivity contribution in [3.8, 4) is 0 Å². The number of sulfonamides is 1. The number of hydrogen-bond donors (Lipinski definition) is 1. The molecule has 2 aliphatic rings. The Kier molecular flexibility index (Phi) is 3.29. The van der Waals surface area contributed by atoms with E-state index in [1.807, 2.05) is 0 Å². The zero-order chi connectivity index (χ0) is 11.8. The molecule has 0 bridgehead atoms. The van der Waals surface area contributed by atoms with Gasteiger partial charge in [-0.05, 0) is 30.7 Å². The number of nitrogens with zero attached hydrogens (tertiary/aromatic N) is 1. The Balaban J connectivity index is 1.91. The molecule has 0 spiro atoms. The molecule has 0 amide bonds. The van der Waals surface area contributed by atoms with Crippen LogP contribution in [0.25, 0.3) is 0 Å². The maximum Gasteiger partial charge on any atom is 0.214 e. The van der Waals surface area contributed by atoms with Crippen molar-refractivity contribution in [2.75, 3.05) is 25.4 Å². The highest BCUT2D eigenvalue weighted by Crippen LogP contribution is 2.34. The molecule has 2 rings (SSSR count). The van der Waals surface area contributed by atoms with E-state index in [2.05, 4.69) is 6.92 Å². The van der Waals surface area contributed by atoms with E-state index >= 15 is 0 Å². The smallest absolute Gasteiger partial charge is 0.214 e. The zero-order valence-corrected chi connectivity index (χ0v) is 10.8. The van der Waals surface area contributed by atoms with E-state index in [1.54, 1.807) is 4.31 Å². The van der Waals surface area contributed by atoms with Crippen LogP contribution in [0.3, 0.4) is 0 Å². The molecular formula is C11H22N2O2S. The Hall–Kier alpha value is -0.130. The maximum absolute atomic E-state index is 12.1. The van der Waals surface area contributed by atoms with Crippen LogP contribution in [0, 0.1) is 11.3 Å². The van der Waals surface area contributed by atoms with Crippen LogP contribution in [-0.4, -0.2) is 38.1 Å². The third-order valence-electron chi connectivity index (χ3n) is 3.89. The first-order valence-corrected chi connectivity index (χ1v) is 7.74. The van der Waals surface area contributed by atoms with Gasteiger partial charge in [-0.2, -0.15) is 0 Å². The van der Waals surface area contributed by atoms with Crippen LogP contribution in [0.4, 0.5) is 0 Å². The molecule has 2 N–H and O–H groups in total. The van der Waals surface area contributed by atoms with E-state index in [1.165, 1.54) is 12.8 Å². The fourth-order valence-electron chi connectivity index (χ4n) is 2.23. The van der Waals surface area contributed by atoms with Crippen molar-refractivity contribution in [1.82, 2.24) is 4.31 Å². The number of hydrogen-bond acceptors (Lipinski definition) is 3. The summed E-state index contributed by atoms with van der Waals surface area (Å²) in [7, 11) is -3.02. The highest BCUT2D eigenvalue weighted by Gasteiger charge is 2.38. The molecule has 1 unspecified atom stereocenters. The molecular weight excluding hydrogens is 224 g/mol. The van der Waals surface area contributed by atoms with E-state index in [9.17, 15) is 8.42 Å². The Morgan fingerprint density at radius 1 is 1.44 bits per heavy atom. The van der Waals surface area contributed by atoms with Crippen molar-refractivity contribution < 1.29 is 8.42 Å². The Labute approximate surface area is 98.2 Å². The van der Waals surface area contributed by atoms with Crippen LogP contribution in [0.1, 0.15) is 32.6 Å².